The number of hydrogen-bond acceptors (Lipinski definition) is 7. The number of rotatable bonds is 8. The van der Waals surface area contributed by atoms with Gasteiger partial charge in [0.1, 0.15) is 5.82 Å². The van der Waals surface area contributed by atoms with Crippen LogP contribution in [0.15, 0.2) is 42.6 Å². The monoisotopic (exact) mass is 382 g/mol. The average molecular weight is 382 g/mol. The summed E-state index contributed by atoms with van der Waals surface area (Å²) in [6.07, 6.45) is 1.83. The van der Waals surface area contributed by atoms with Gasteiger partial charge < -0.3 is 20.1 Å². The van der Waals surface area contributed by atoms with Crippen LogP contribution in [0.5, 0.6) is 11.5 Å². The summed E-state index contributed by atoms with van der Waals surface area (Å²) in [6, 6.07) is 10.6. The van der Waals surface area contributed by atoms with E-state index in [0.717, 1.165) is 5.69 Å². The zero-order chi connectivity index (χ0) is 19.9. The first kappa shape index (κ1) is 19.2. The lowest BCUT2D eigenvalue weighted by atomic mass is 10.2. The van der Waals surface area contributed by atoms with Crippen LogP contribution in [0.2, 0.25) is 0 Å². The molecule has 0 aliphatic carbocycles. The molecule has 0 aliphatic rings. The number of carbonyl (C=O) groups excluding carboxylic acids is 1. The van der Waals surface area contributed by atoms with E-state index in [1.807, 2.05) is 31.3 Å². The van der Waals surface area contributed by atoms with E-state index >= 15 is 0 Å². The maximum Gasteiger partial charge on any atom is 0.251 e. The summed E-state index contributed by atoms with van der Waals surface area (Å²) in [7, 11) is 3.08. The second-order valence-electron chi connectivity index (χ2n) is 5.93. The molecule has 9 heteroatoms. The number of carbonyl (C=O) groups is 1. The smallest absolute Gasteiger partial charge is 0.251 e. The zero-order valence-corrected chi connectivity index (χ0v) is 16.0. The quantitative estimate of drug-likeness (QED) is 0.573. The predicted molar refractivity (Wildman–Crippen MR) is 104 cm³/mol. The molecule has 3 rings (SSSR count). The molecule has 0 saturated heterocycles. The van der Waals surface area contributed by atoms with E-state index in [1.54, 1.807) is 30.0 Å². The molecule has 0 aliphatic heterocycles. The Kier molecular flexibility index (Phi) is 6.05. The van der Waals surface area contributed by atoms with Crippen LogP contribution in [0.25, 0.3) is 5.82 Å². The highest BCUT2D eigenvalue weighted by molar-refractivity contribution is 5.94. The molecule has 0 radical (unpaired) electrons. The number of hydrogen-bond donors (Lipinski definition) is 2. The van der Waals surface area contributed by atoms with E-state index in [-0.39, 0.29) is 5.91 Å². The molecule has 28 heavy (non-hydrogen) atoms. The molecule has 0 spiro atoms. The molecule has 1 aromatic carbocycles. The van der Waals surface area contributed by atoms with Crippen LogP contribution in [-0.2, 0) is 0 Å². The van der Waals surface area contributed by atoms with E-state index in [4.69, 9.17) is 9.47 Å². The van der Waals surface area contributed by atoms with Crippen molar-refractivity contribution in [2.24, 2.45) is 0 Å². The van der Waals surface area contributed by atoms with Crippen molar-refractivity contribution in [3.8, 4) is 17.3 Å². The van der Waals surface area contributed by atoms with Gasteiger partial charge >= 0.3 is 0 Å². The summed E-state index contributed by atoms with van der Waals surface area (Å²) in [6.45, 7) is 2.85. The van der Waals surface area contributed by atoms with Gasteiger partial charge in [-0.05, 0) is 43.3 Å². The molecule has 2 N–H and O–H groups in total. The van der Waals surface area contributed by atoms with Gasteiger partial charge in [0.05, 0.1) is 19.9 Å². The minimum absolute atomic E-state index is 0.196. The summed E-state index contributed by atoms with van der Waals surface area (Å²) < 4.78 is 12.0. The summed E-state index contributed by atoms with van der Waals surface area (Å²) in [5, 5.41) is 18.5. The normalized spacial score (nSPS) is 10.4. The van der Waals surface area contributed by atoms with E-state index in [9.17, 15) is 4.79 Å². The van der Waals surface area contributed by atoms with Crippen LogP contribution in [0, 0.1) is 6.92 Å². The second-order valence-corrected chi connectivity index (χ2v) is 5.93. The van der Waals surface area contributed by atoms with Crippen molar-refractivity contribution >= 4 is 11.7 Å². The number of anilines is 1. The highest BCUT2D eigenvalue weighted by Gasteiger charge is 2.10. The van der Waals surface area contributed by atoms with Crippen molar-refractivity contribution in [3.05, 3.63) is 53.9 Å². The van der Waals surface area contributed by atoms with Gasteiger partial charge in [0.15, 0.2) is 17.3 Å². The maximum absolute atomic E-state index is 12.3. The Hall–Kier alpha value is -3.62. The van der Waals surface area contributed by atoms with Crippen molar-refractivity contribution in [3.63, 3.8) is 0 Å². The Balaban J connectivity index is 1.48. The molecule has 0 unspecified atom stereocenters. The fourth-order valence-electron chi connectivity index (χ4n) is 2.53. The van der Waals surface area contributed by atoms with Gasteiger partial charge in [-0.15, -0.1) is 10.2 Å². The Morgan fingerprint density at radius 1 is 1.04 bits per heavy atom. The minimum atomic E-state index is -0.196. The van der Waals surface area contributed by atoms with Crippen LogP contribution in [0.4, 0.5) is 5.82 Å². The number of nitrogens with zero attached hydrogens (tertiary/aromatic N) is 4. The average Bonchev–Trinajstić information content (AvgIpc) is 3.17. The fourth-order valence-corrected chi connectivity index (χ4v) is 2.53. The first-order valence-corrected chi connectivity index (χ1v) is 8.71. The predicted octanol–water partition coefficient (Wildman–Crippen LogP) is 1.83. The van der Waals surface area contributed by atoms with Gasteiger partial charge in [-0.1, -0.05) is 0 Å². The third-order valence-electron chi connectivity index (χ3n) is 3.97. The molecular formula is C19H22N6O3. The summed E-state index contributed by atoms with van der Waals surface area (Å²) in [4.78, 5) is 12.3. The number of nitrogens with one attached hydrogen (secondary N) is 2. The zero-order valence-electron chi connectivity index (χ0n) is 16.0. The molecular weight excluding hydrogens is 360 g/mol. The second kappa shape index (κ2) is 8.85. The van der Waals surface area contributed by atoms with Crippen LogP contribution in [0.3, 0.4) is 0 Å². The molecule has 0 bridgehead atoms. The van der Waals surface area contributed by atoms with Gasteiger partial charge in [-0.2, -0.15) is 5.10 Å². The third-order valence-corrected chi connectivity index (χ3v) is 3.97. The molecule has 2 heterocycles. The number of aromatic nitrogens is 4. The molecule has 146 valence electrons. The van der Waals surface area contributed by atoms with Crippen LogP contribution >= 0.6 is 0 Å². The number of ether oxygens (including phenoxy) is 2. The first-order chi connectivity index (χ1) is 13.6. The molecule has 0 atom stereocenters. The van der Waals surface area contributed by atoms with Crippen LogP contribution in [-0.4, -0.2) is 53.2 Å². The van der Waals surface area contributed by atoms with Gasteiger partial charge in [-0.3, -0.25) is 4.79 Å². The van der Waals surface area contributed by atoms with E-state index in [1.165, 1.54) is 7.11 Å². The van der Waals surface area contributed by atoms with Gasteiger partial charge in [0, 0.05) is 24.8 Å². The Bertz CT molecular complexity index is 939. The highest BCUT2D eigenvalue weighted by atomic mass is 16.5. The lowest BCUT2D eigenvalue weighted by Crippen LogP contribution is -2.29. The lowest BCUT2D eigenvalue weighted by Gasteiger charge is -2.10. The molecule has 9 nitrogen and oxygen atoms in total. The lowest BCUT2D eigenvalue weighted by molar-refractivity contribution is 0.0954. The number of aryl methyl sites for hydroxylation is 1. The SMILES string of the molecule is COc1ccc(C(=O)NCCNc2ccc(-n3ccc(C)n3)nn2)cc1OC. The van der Waals surface area contributed by atoms with Crippen molar-refractivity contribution < 1.29 is 14.3 Å². The standard InChI is InChI=1S/C19H22N6O3/c1-13-8-11-25(24-13)18-7-6-17(22-23-18)20-9-10-21-19(26)14-4-5-15(27-2)16(12-14)28-3/h4-8,11-12H,9-10H2,1-3H3,(H,20,22)(H,21,26). The van der Waals surface area contributed by atoms with E-state index in [2.05, 4.69) is 25.9 Å². The molecule has 0 fully saturated rings. The third kappa shape index (κ3) is 4.56. The summed E-state index contributed by atoms with van der Waals surface area (Å²) in [5.74, 6) is 2.15. The Morgan fingerprint density at radius 3 is 2.50 bits per heavy atom. The molecule has 1 amide bonds. The van der Waals surface area contributed by atoms with Gasteiger partial charge in [-0.25, -0.2) is 4.68 Å². The Labute approximate surface area is 162 Å². The topological polar surface area (TPSA) is 103 Å². The Morgan fingerprint density at radius 2 is 1.86 bits per heavy atom. The van der Waals surface area contributed by atoms with E-state index < -0.39 is 0 Å². The van der Waals surface area contributed by atoms with Crippen molar-refractivity contribution in [1.29, 1.82) is 0 Å². The van der Waals surface area contributed by atoms with Crippen LogP contribution in [0.1, 0.15) is 16.1 Å². The molecule has 3 aromatic rings. The largest absolute Gasteiger partial charge is 0.493 e. The van der Waals surface area contributed by atoms with Crippen molar-refractivity contribution in [2.45, 2.75) is 6.92 Å². The number of methoxy groups -OCH3 is 2. The minimum Gasteiger partial charge on any atom is -0.493 e. The molecule has 0 saturated carbocycles. The fraction of sp³-hybridized carbons (Fsp3) is 0.263. The summed E-state index contributed by atoms with van der Waals surface area (Å²) in [5.41, 5.74) is 1.41. The number of benzene rings is 1. The van der Waals surface area contributed by atoms with E-state index in [0.29, 0.717) is 41.8 Å². The molecule has 2 aromatic heterocycles. The summed E-state index contributed by atoms with van der Waals surface area (Å²) >= 11 is 0. The number of amides is 1. The van der Waals surface area contributed by atoms with Crippen molar-refractivity contribution in [2.75, 3.05) is 32.6 Å². The van der Waals surface area contributed by atoms with Crippen molar-refractivity contribution in [1.82, 2.24) is 25.3 Å². The van der Waals surface area contributed by atoms with Gasteiger partial charge in [0.25, 0.3) is 5.91 Å². The van der Waals surface area contributed by atoms with Crippen LogP contribution < -0.4 is 20.1 Å². The highest BCUT2D eigenvalue weighted by Crippen LogP contribution is 2.27. The first-order valence-electron chi connectivity index (χ1n) is 8.71. The maximum atomic E-state index is 12.3. The van der Waals surface area contributed by atoms with Gasteiger partial charge in [0.2, 0.25) is 0 Å².